The zero-order valence-electron chi connectivity index (χ0n) is 16.5. The van der Waals surface area contributed by atoms with Crippen molar-refractivity contribution < 1.29 is 19.6 Å². The van der Waals surface area contributed by atoms with E-state index in [0.29, 0.717) is 38.7 Å². The molecule has 3 N–H and O–H groups in total. The molecule has 0 bridgehead atoms. The van der Waals surface area contributed by atoms with Crippen LogP contribution in [-0.2, 0) is 6.54 Å². The minimum Gasteiger partial charge on any atom is -0.423 e. The summed E-state index contributed by atoms with van der Waals surface area (Å²) in [7, 11) is -1.67. The van der Waals surface area contributed by atoms with Crippen LogP contribution < -0.4 is 11.0 Å². The van der Waals surface area contributed by atoms with Crippen LogP contribution in [0.2, 0.25) is 0 Å². The van der Waals surface area contributed by atoms with Gasteiger partial charge in [-0.05, 0) is 35.4 Å². The molecule has 0 spiro atoms. The van der Waals surface area contributed by atoms with Crippen molar-refractivity contribution in [1.29, 1.82) is 0 Å². The molecule has 0 saturated heterocycles. The molecule has 3 heterocycles. The van der Waals surface area contributed by atoms with Crippen molar-refractivity contribution in [3.63, 3.8) is 0 Å². The molecule has 0 aliphatic carbocycles. The molecule has 5 rings (SSSR count). The van der Waals surface area contributed by atoms with E-state index in [0.717, 1.165) is 4.90 Å². The van der Waals surface area contributed by atoms with Gasteiger partial charge in [0.25, 0.3) is 17.4 Å². The maximum atomic E-state index is 12.8. The number of hydrogen-bond donors (Lipinski definition) is 3. The predicted molar refractivity (Wildman–Crippen MR) is 116 cm³/mol. The average molecular weight is 426 g/mol. The van der Waals surface area contributed by atoms with Gasteiger partial charge >= 0.3 is 7.12 Å². The second kappa shape index (κ2) is 7.52. The number of H-pyrrole nitrogens is 1. The minimum absolute atomic E-state index is 0.114. The summed E-state index contributed by atoms with van der Waals surface area (Å²) in [5, 5.41) is 26.2. The molecule has 10 heteroatoms. The summed E-state index contributed by atoms with van der Waals surface area (Å²) in [4.78, 5) is 43.0. The highest BCUT2D eigenvalue weighted by molar-refractivity contribution is 6.58. The van der Waals surface area contributed by atoms with Crippen LogP contribution in [0.3, 0.4) is 0 Å². The zero-order chi connectivity index (χ0) is 22.4. The molecule has 2 aromatic heterocycles. The molecule has 156 valence electrons. The molecule has 1 aliphatic heterocycles. The number of nitrogens with zero attached hydrogens (tertiary/aromatic N) is 3. The fraction of sp³-hybridized carbons (Fsp3) is 0.0455. The Balaban J connectivity index is 1.59. The molecule has 2 amide bonds. The molecule has 9 nitrogen and oxygen atoms in total. The molecule has 0 fully saturated rings. The summed E-state index contributed by atoms with van der Waals surface area (Å²) in [6.07, 6.45) is 2.90. The molecule has 4 aromatic rings. The number of imide groups is 1. The summed E-state index contributed by atoms with van der Waals surface area (Å²) >= 11 is 0. The summed E-state index contributed by atoms with van der Waals surface area (Å²) in [5.41, 5.74) is 2.08. The number of pyridine rings is 1. The standard InChI is InChI=1S/C22H15BN4O5/c28-20-15-6-5-12(13-7-14(23(31)32)10-24-9-13)8-18(15)19(25-26-20)11-27-21(29)16-3-1-2-4-17(16)22(27)30/h1-10,31-32H,11H2,(H,26,28). The summed E-state index contributed by atoms with van der Waals surface area (Å²) in [6, 6.07) is 13.2. The highest BCUT2D eigenvalue weighted by Crippen LogP contribution is 2.27. The van der Waals surface area contributed by atoms with Gasteiger partial charge in [0, 0.05) is 23.2 Å². The molecule has 32 heavy (non-hydrogen) atoms. The number of carbonyl (C=O) groups excluding carboxylic acids is 2. The van der Waals surface area contributed by atoms with E-state index in [4.69, 9.17) is 0 Å². The number of aromatic nitrogens is 3. The lowest BCUT2D eigenvalue weighted by Crippen LogP contribution is -2.30. The third-order valence-electron chi connectivity index (χ3n) is 5.44. The predicted octanol–water partition coefficient (Wildman–Crippen LogP) is 0.461. The highest BCUT2D eigenvalue weighted by atomic mass is 16.4. The molecule has 0 atom stereocenters. The van der Waals surface area contributed by atoms with Crippen molar-refractivity contribution in [2.24, 2.45) is 0 Å². The molecule has 1 aliphatic rings. The van der Waals surface area contributed by atoms with Crippen LogP contribution in [-0.4, -0.2) is 49.1 Å². The van der Waals surface area contributed by atoms with E-state index in [2.05, 4.69) is 15.2 Å². The third kappa shape index (κ3) is 3.18. The topological polar surface area (TPSA) is 136 Å². The van der Waals surface area contributed by atoms with E-state index < -0.39 is 24.5 Å². The maximum absolute atomic E-state index is 12.8. The Bertz CT molecular complexity index is 1430. The largest absolute Gasteiger partial charge is 0.490 e. The lowest BCUT2D eigenvalue weighted by atomic mass is 9.80. The molecule has 0 radical (unpaired) electrons. The lowest BCUT2D eigenvalue weighted by Gasteiger charge is -2.15. The van der Waals surface area contributed by atoms with Crippen molar-refractivity contribution in [1.82, 2.24) is 20.1 Å². The van der Waals surface area contributed by atoms with Gasteiger partial charge in [-0.1, -0.05) is 24.3 Å². The van der Waals surface area contributed by atoms with Crippen molar-refractivity contribution in [2.75, 3.05) is 0 Å². The Morgan fingerprint density at radius 2 is 1.59 bits per heavy atom. The van der Waals surface area contributed by atoms with Gasteiger partial charge in [-0.15, -0.1) is 0 Å². The van der Waals surface area contributed by atoms with Crippen LogP contribution in [0, 0.1) is 0 Å². The van der Waals surface area contributed by atoms with Gasteiger partial charge in [0.05, 0.1) is 28.8 Å². The van der Waals surface area contributed by atoms with E-state index in [-0.39, 0.29) is 12.0 Å². The van der Waals surface area contributed by atoms with Crippen molar-refractivity contribution in [2.45, 2.75) is 6.54 Å². The van der Waals surface area contributed by atoms with Crippen molar-refractivity contribution >= 4 is 35.2 Å². The second-order valence-corrected chi connectivity index (χ2v) is 7.38. The monoisotopic (exact) mass is 426 g/mol. The summed E-state index contributed by atoms with van der Waals surface area (Å²) in [5.74, 6) is -0.839. The first-order valence-electron chi connectivity index (χ1n) is 9.72. The molecule has 0 unspecified atom stereocenters. The van der Waals surface area contributed by atoms with Gasteiger partial charge in [-0.2, -0.15) is 5.10 Å². The van der Waals surface area contributed by atoms with Crippen LogP contribution in [0.4, 0.5) is 0 Å². The average Bonchev–Trinajstić information content (AvgIpc) is 3.05. The Morgan fingerprint density at radius 1 is 0.875 bits per heavy atom. The van der Waals surface area contributed by atoms with Crippen molar-refractivity contribution in [3.05, 3.63) is 88.1 Å². The van der Waals surface area contributed by atoms with Gasteiger partial charge in [-0.3, -0.25) is 24.3 Å². The molecule has 0 saturated carbocycles. The molecular formula is C22H15BN4O5. The smallest absolute Gasteiger partial charge is 0.423 e. The number of nitrogens with one attached hydrogen (secondary N) is 1. The quantitative estimate of drug-likeness (QED) is 0.319. The molecular weight excluding hydrogens is 411 g/mol. The Labute approximate surface area is 181 Å². The van der Waals surface area contributed by atoms with E-state index in [1.54, 1.807) is 54.7 Å². The fourth-order valence-electron chi connectivity index (χ4n) is 3.81. The van der Waals surface area contributed by atoms with Crippen LogP contribution in [0.1, 0.15) is 26.4 Å². The Kier molecular flexibility index (Phi) is 4.65. The SMILES string of the molecule is O=C1c2ccccc2C(=O)N1Cc1n[nH]c(=O)c2ccc(-c3cncc(B(O)O)c3)cc12. The van der Waals surface area contributed by atoms with E-state index in [9.17, 15) is 24.4 Å². The number of rotatable bonds is 4. The Morgan fingerprint density at radius 3 is 2.28 bits per heavy atom. The first kappa shape index (κ1) is 19.8. The van der Waals surface area contributed by atoms with E-state index in [1.807, 2.05) is 0 Å². The number of benzene rings is 2. The number of aromatic amines is 1. The van der Waals surface area contributed by atoms with Gasteiger partial charge in [0.1, 0.15) is 0 Å². The van der Waals surface area contributed by atoms with Gasteiger partial charge in [-0.25, -0.2) is 5.10 Å². The van der Waals surface area contributed by atoms with Gasteiger partial charge < -0.3 is 10.0 Å². The van der Waals surface area contributed by atoms with Crippen LogP contribution in [0.15, 0.2) is 65.7 Å². The number of amides is 2. The lowest BCUT2D eigenvalue weighted by molar-refractivity contribution is 0.0640. The first-order valence-corrected chi connectivity index (χ1v) is 9.72. The number of fused-ring (bicyclic) bond motifs is 2. The Hall–Kier alpha value is -4.15. The zero-order valence-corrected chi connectivity index (χ0v) is 16.5. The first-order chi connectivity index (χ1) is 15.4. The minimum atomic E-state index is -1.67. The summed E-state index contributed by atoms with van der Waals surface area (Å²) in [6.45, 7) is -0.114. The van der Waals surface area contributed by atoms with Crippen LogP contribution in [0.5, 0.6) is 0 Å². The van der Waals surface area contributed by atoms with Crippen molar-refractivity contribution in [3.8, 4) is 11.1 Å². The number of hydrogen-bond acceptors (Lipinski definition) is 7. The fourth-order valence-corrected chi connectivity index (χ4v) is 3.81. The molecule has 2 aromatic carbocycles. The van der Waals surface area contributed by atoms with E-state index in [1.165, 1.54) is 6.20 Å². The summed E-state index contributed by atoms with van der Waals surface area (Å²) < 4.78 is 0. The van der Waals surface area contributed by atoms with Crippen LogP contribution >= 0.6 is 0 Å². The van der Waals surface area contributed by atoms with Gasteiger partial charge in [0.15, 0.2) is 0 Å². The third-order valence-corrected chi connectivity index (χ3v) is 5.44. The normalized spacial score (nSPS) is 13.0. The van der Waals surface area contributed by atoms with Gasteiger partial charge in [0.2, 0.25) is 0 Å². The highest BCUT2D eigenvalue weighted by Gasteiger charge is 2.35. The second-order valence-electron chi connectivity index (χ2n) is 7.38. The maximum Gasteiger partial charge on any atom is 0.490 e. The van der Waals surface area contributed by atoms with Crippen LogP contribution in [0.25, 0.3) is 21.9 Å². The number of carbonyl (C=O) groups is 2. The van der Waals surface area contributed by atoms with E-state index >= 15 is 0 Å².